The lowest BCUT2D eigenvalue weighted by atomic mass is 9.99. The van der Waals surface area contributed by atoms with Gasteiger partial charge in [0.2, 0.25) is 0 Å². The quantitative estimate of drug-likeness (QED) is 0.0330. The number of amides is 1. The number of carbonyl (C=O) groups is 3. The van der Waals surface area contributed by atoms with Crippen molar-refractivity contribution in [1.82, 2.24) is 5.32 Å². The van der Waals surface area contributed by atoms with Gasteiger partial charge in [0.25, 0.3) is 16.0 Å². The summed E-state index contributed by atoms with van der Waals surface area (Å²) in [5, 5.41) is 34.1. The largest absolute Gasteiger partial charge is 0.463 e. The maximum Gasteiger partial charge on any atom is 0.308 e. The topological polar surface area (TPSA) is 215 Å². The number of esters is 2. The number of aliphatic hydroxyl groups excluding tert-OH is 3. The van der Waals surface area contributed by atoms with Crippen molar-refractivity contribution in [3.8, 4) is 0 Å². The Balaban J connectivity index is 1.64. The Morgan fingerprint density at radius 1 is 0.811 bits per heavy atom. The fourth-order valence-corrected chi connectivity index (χ4v) is 6.92. The van der Waals surface area contributed by atoms with Crippen molar-refractivity contribution >= 4 is 50.6 Å². The van der Waals surface area contributed by atoms with Crippen LogP contribution in [-0.4, -0.2) is 108 Å². The number of halogens is 1. The number of benzene rings is 1. The minimum absolute atomic E-state index is 0.146. The molecule has 0 saturated carbocycles. The van der Waals surface area contributed by atoms with Crippen molar-refractivity contribution in [2.45, 2.75) is 153 Å². The van der Waals surface area contributed by atoms with E-state index in [9.17, 15) is 42.7 Å². The minimum atomic E-state index is -4.72. The molecule has 1 saturated heterocycles. The van der Waals surface area contributed by atoms with E-state index in [1.165, 1.54) is 70.6 Å². The lowest BCUT2D eigenvalue weighted by Gasteiger charge is -2.41. The Labute approximate surface area is 328 Å². The van der Waals surface area contributed by atoms with Crippen LogP contribution in [-0.2, 0) is 38.7 Å². The van der Waals surface area contributed by atoms with Gasteiger partial charge < -0.3 is 39.6 Å². The summed E-state index contributed by atoms with van der Waals surface area (Å²) in [5.41, 5.74) is 0.371. The average molecular weight is 886 g/mol. The first-order chi connectivity index (χ1) is 25.3. The highest BCUT2D eigenvalue weighted by molar-refractivity contribution is 14.1. The molecule has 2 rings (SSSR count). The van der Waals surface area contributed by atoms with Gasteiger partial charge in [-0.1, -0.05) is 96.8 Å². The minimum Gasteiger partial charge on any atom is -0.463 e. The molecule has 0 aromatic heterocycles. The van der Waals surface area contributed by atoms with E-state index >= 15 is 0 Å². The van der Waals surface area contributed by atoms with Crippen LogP contribution in [0.25, 0.3) is 0 Å². The highest BCUT2D eigenvalue weighted by Gasteiger charge is 2.48. The lowest BCUT2D eigenvalue weighted by Crippen LogP contribution is -2.61. The zero-order valence-corrected chi connectivity index (χ0v) is 33.8. The molecule has 1 fully saturated rings. The Bertz CT molecular complexity index is 1300. The second kappa shape index (κ2) is 26.8. The number of hydrogen-bond acceptors (Lipinski definition) is 12. The second-order valence-electron chi connectivity index (χ2n) is 13.6. The lowest BCUT2D eigenvalue weighted by molar-refractivity contribution is -0.299. The number of aliphatic hydroxyl groups is 3. The molecule has 0 bridgehead atoms. The van der Waals surface area contributed by atoms with Crippen LogP contribution in [0.5, 0.6) is 0 Å². The predicted octanol–water partition coefficient (Wildman–Crippen LogP) is 4.84. The number of hydrogen-bond donors (Lipinski definition) is 5. The van der Waals surface area contributed by atoms with Crippen LogP contribution in [0.1, 0.15) is 126 Å². The van der Waals surface area contributed by atoms with Crippen LogP contribution in [0.15, 0.2) is 24.3 Å². The zero-order valence-electron chi connectivity index (χ0n) is 30.9. The average Bonchev–Trinajstić information content (AvgIpc) is 3.11. The summed E-state index contributed by atoms with van der Waals surface area (Å²) in [6.45, 7) is 1.16. The predicted molar refractivity (Wildman–Crippen MR) is 206 cm³/mol. The van der Waals surface area contributed by atoms with Crippen LogP contribution in [0.2, 0.25) is 0 Å². The normalized spacial score (nSPS) is 20.8. The molecular formula is C37H60INO13S. The van der Waals surface area contributed by atoms with E-state index in [4.69, 9.17) is 18.9 Å². The SMILES string of the molecule is CCCCCCCCCCCCCCCCCC(=O)OCC(O)COC1OC(CS(=O)(=O)O)C(OC(=O)CCNC(=O)c2ccc(I)cc2)C(O)C1O. The van der Waals surface area contributed by atoms with Gasteiger partial charge >= 0.3 is 11.9 Å². The fourth-order valence-electron chi connectivity index (χ4n) is 5.88. The van der Waals surface area contributed by atoms with Gasteiger partial charge in [-0.05, 0) is 53.3 Å². The summed E-state index contributed by atoms with van der Waals surface area (Å²) in [7, 11) is -4.72. The molecule has 14 nitrogen and oxygen atoms in total. The fraction of sp³-hybridized carbons (Fsp3) is 0.757. The Kier molecular flexibility index (Phi) is 23.9. The number of rotatable bonds is 28. The smallest absolute Gasteiger partial charge is 0.308 e. The number of unbranched alkanes of at least 4 members (excludes halogenated alkanes) is 14. The van der Waals surface area contributed by atoms with Crippen molar-refractivity contribution < 1.29 is 61.6 Å². The van der Waals surface area contributed by atoms with Gasteiger partial charge in [-0.15, -0.1) is 0 Å². The van der Waals surface area contributed by atoms with Crippen LogP contribution in [0.3, 0.4) is 0 Å². The maximum absolute atomic E-state index is 12.5. The molecule has 1 aromatic carbocycles. The summed E-state index contributed by atoms with van der Waals surface area (Å²) in [6.07, 6.45) is 7.82. The van der Waals surface area contributed by atoms with Crippen molar-refractivity contribution in [1.29, 1.82) is 0 Å². The number of nitrogens with one attached hydrogen (secondary N) is 1. The van der Waals surface area contributed by atoms with Gasteiger partial charge in [-0.25, -0.2) is 0 Å². The van der Waals surface area contributed by atoms with Crippen molar-refractivity contribution in [3.05, 3.63) is 33.4 Å². The Morgan fingerprint density at radius 3 is 1.91 bits per heavy atom. The van der Waals surface area contributed by atoms with E-state index in [1.807, 2.05) is 0 Å². The molecule has 0 spiro atoms. The van der Waals surface area contributed by atoms with E-state index in [1.54, 1.807) is 24.3 Å². The molecule has 6 atom stereocenters. The van der Waals surface area contributed by atoms with E-state index in [-0.39, 0.29) is 19.4 Å². The number of ether oxygens (including phenoxy) is 4. The molecule has 1 aliphatic rings. The molecule has 1 heterocycles. The van der Waals surface area contributed by atoms with E-state index in [0.717, 1.165) is 22.8 Å². The van der Waals surface area contributed by atoms with Crippen LogP contribution in [0, 0.1) is 3.57 Å². The summed E-state index contributed by atoms with van der Waals surface area (Å²) in [6, 6.07) is 6.70. The van der Waals surface area contributed by atoms with Gasteiger partial charge in [0.1, 0.15) is 36.8 Å². The third kappa shape index (κ3) is 21.1. The molecule has 304 valence electrons. The molecule has 0 aliphatic carbocycles. The first kappa shape index (κ1) is 47.2. The summed E-state index contributed by atoms with van der Waals surface area (Å²) < 4.78 is 54.9. The van der Waals surface area contributed by atoms with Crippen molar-refractivity contribution in [2.75, 3.05) is 25.5 Å². The van der Waals surface area contributed by atoms with E-state index < -0.39 is 83.7 Å². The van der Waals surface area contributed by atoms with Crippen LogP contribution >= 0.6 is 22.6 Å². The first-order valence-corrected chi connectivity index (χ1v) is 21.6. The zero-order chi connectivity index (χ0) is 39.1. The molecule has 0 radical (unpaired) electrons. The standard InChI is InChI=1S/C37H60INO13S/c1-2-3-4-5-6-7-8-9-10-11-12-13-14-15-16-17-31(41)49-24-29(40)25-50-37-34(44)33(43)35(30(51-37)26-53(46,47)48)52-32(42)22-23-39-36(45)27-18-20-28(38)21-19-27/h18-21,29-30,33-35,37,40,43-44H,2-17,22-26H2,1H3,(H,39,45)(H,46,47,48). The van der Waals surface area contributed by atoms with Crippen LogP contribution < -0.4 is 5.32 Å². The Hall–Kier alpha value is -1.93. The highest BCUT2D eigenvalue weighted by atomic mass is 127. The van der Waals surface area contributed by atoms with Gasteiger partial charge in [0.15, 0.2) is 12.4 Å². The summed E-state index contributed by atoms with van der Waals surface area (Å²) in [5.74, 6) is -2.98. The molecule has 1 aliphatic heterocycles. The monoisotopic (exact) mass is 885 g/mol. The number of carbonyl (C=O) groups excluding carboxylic acids is 3. The molecule has 1 amide bonds. The summed E-state index contributed by atoms with van der Waals surface area (Å²) >= 11 is 2.09. The Morgan fingerprint density at radius 2 is 1.36 bits per heavy atom. The van der Waals surface area contributed by atoms with Gasteiger partial charge in [-0.3, -0.25) is 18.9 Å². The van der Waals surface area contributed by atoms with E-state index in [0.29, 0.717) is 12.0 Å². The van der Waals surface area contributed by atoms with Gasteiger partial charge in [0, 0.05) is 22.1 Å². The van der Waals surface area contributed by atoms with Gasteiger partial charge in [0.05, 0.1) is 13.0 Å². The molecule has 53 heavy (non-hydrogen) atoms. The second-order valence-corrected chi connectivity index (χ2v) is 16.4. The molecular weight excluding hydrogens is 825 g/mol. The van der Waals surface area contributed by atoms with E-state index in [2.05, 4.69) is 34.8 Å². The maximum atomic E-state index is 12.5. The third-order valence-electron chi connectivity index (χ3n) is 8.88. The summed E-state index contributed by atoms with van der Waals surface area (Å²) in [4.78, 5) is 36.9. The van der Waals surface area contributed by atoms with Crippen molar-refractivity contribution in [2.24, 2.45) is 0 Å². The highest BCUT2D eigenvalue weighted by Crippen LogP contribution is 2.26. The van der Waals surface area contributed by atoms with Gasteiger partial charge in [-0.2, -0.15) is 8.42 Å². The third-order valence-corrected chi connectivity index (χ3v) is 10.3. The molecule has 5 N–H and O–H groups in total. The van der Waals surface area contributed by atoms with Crippen LogP contribution in [0.4, 0.5) is 0 Å². The first-order valence-electron chi connectivity index (χ1n) is 19.0. The molecule has 1 aromatic rings. The molecule has 16 heteroatoms. The molecule has 6 unspecified atom stereocenters. The van der Waals surface area contributed by atoms with Crippen molar-refractivity contribution in [3.63, 3.8) is 0 Å².